The van der Waals surface area contributed by atoms with Crippen LogP contribution in [0.1, 0.15) is 29.9 Å². The first-order valence-electron chi connectivity index (χ1n) is 7.72. The standard InChI is InChI=1S/C16H21N7O/c1-9(14-8-18-22(4)11(14)3)19-16(24)20-12-6-13-10(2)21-23(5)15(13)17-7-12/h6-9H,1-5H3,(H2,19,20,24)/t9-/m1/s1. The number of nitrogens with zero attached hydrogens (tertiary/aromatic N) is 5. The monoisotopic (exact) mass is 327 g/mol. The molecule has 1 atom stereocenters. The van der Waals surface area contributed by atoms with Gasteiger partial charge in [0.2, 0.25) is 0 Å². The molecule has 0 aliphatic carbocycles. The molecule has 0 fully saturated rings. The molecule has 8 nitrogen and oxygen atoms in total. The molecule has 0 aliphatic heterocycles. The number of pyridine rings is 1. The van der Waals surface area contributed by atoms with Crippen molar-refractivity contribution in [2.24, 2.45) is 14.1 Å². The fourth-order valence-electron chi connectivity index (χ4n) is 2.76. The highest BCUT2D eigenvalue weighted by atomic mass is 16.2. The molecule has 0 aromatic carbocycles. The summed E-state index contributed by atoms with van der Waals surface area (Å²) in [6, 6.07) is 1.45. The van der Waals surface area contributed by atoms with Gasteiger partial charge in [0, 0.05) is 30.7 Å². The topological polar surface area (TPSA) is 89.7 Å². The number of carbonyl (C=O) groups is 1. The molecule has 0 bridgehead atoms. The zero-order chi connectivity index (χ0) is 17.4. The number of anilines is 1. The average Bonchev–Trinajstić information content (AvgIpc) is 3.00. The lowest BCUT2D eigenvalue weighted by atomic mass is 10.1. The largest absolute Gasteiger partial charge is 0.331 e. The lowest BCUT2D eigenvalue weighted by Gasteiger charge is -2.14. The Hall–Kier alpha value is -2.90. The first kappa shape index (κ1) is 16.0. The van der Waals surface area contributed by atoms with Crippen LogP contribution in [0.25, 0.3) is 11.0 Å². The van der Waals surface area contributed by atoms with Gasteiger partial charge in [0.1, 0.15) is 0 Å². The lowest BCUT2D eigenvalue weighted by molar-refractivity contribution is 0.249. The summed E-state index contributed by atoms with van der Waals surface area (Å²) in [7, 11) is 3.72. The van der Waals surface area contributed by atoms with E-state index >= 15 is 0 Å². The maximum Gasteiger partial charge on any atom is 0.319 e. The molecule has 0 saturated carbocycles. The van der Waals surface area contributed by atoms with E-state index in [-0.39, 0.29) is 12.1 Å². The lowest BCUT2D eigenvalue weighted by Crippen LogP contribution is -2.31. The first-order chi connectivity index (χ1) is 11.4. The Morgan fingerprint density at radius 2 is 1.96 bits per heavy atom. The van der Waals surface area contributed by atoms with Crippen LogP contribution in [0.5, 0.6) is 0 Å². The van der Waals surface area contributed by atoms with E-state index in [1.54, 1.807) is 21.8 Å². The van der Waals surface area contributed by atoms with Gasteiger partial charge in [0.15, 0.2) is 5.65 Å². The molecule has 2 amide bonds. The smallest absolute Gasteiger partial charge is 0.319 e. The van der Waals surface area contributed by atoms with Crippen LogP contribution >= 0.6 is 0 Å². The molecule has 0 spiro atoms. The molecular formula is C16H21N7O. The Labute approximate surface area is 139 Å². The SMILES string of the molecule is Cc1nn(C)c2ncc(NC(=O)N[C@H](C)c3cnn(C)c3C)cc12. The summed E-state index contributed by atoms with van der Waals surface area (Å²) in [4.78, 5) is 16.6. The minimum absolute atomic E-state index is 0.143. The third-order valence-corrected chi connectivity index (χ3v) is 4.21. The van der Waals surface area contributed by atoms with Crippen molar-refractivity contribution in [3.05, 3.63) is 35.4 Å². The van der Waals surface area contributed by atoms with Gasteiger partial charge in [-0.2, -0.15) is 10.2 Å². The second-order valence-corrected chi connectivity index (χ2v) is 5.93. The number of nitrogens with one attached hydrogen (secondary N) is 2. The molecule has 2 N–H and O–H groups in total. The van der Waals surface area contributed by atoms with Gasteiger partial charge in [-0.25, -0.2) is 9.78 Å². The van der Waals surface area contributed by atoms with Crippen LogP contribution in [-0.2, 0) is 14.1 Å². The number of aryl methyl sites for hydroxylation is 3. The molecule has 8 heteroatoms. The summed E-state index contributed by atoms with van der Waals surface area (Å²) in [5.74, 6) is 0. The second kappa shape index (κ2) is 5.95. The van der Waals surface area contributed by atoms with Crippen LogP contribution in [0, 0.1) is 13.8 Å². The van der Waals surface area contributed by atoms with Crippen LogP contribution < -0.4 is 10.6 Å². The van der Waals surface area contributed by atoms with Crippen molar-refractivity contribution in [2.45, 2.75) is 26.8 Å². The third kappa shape index (κ3) is 2.82. The summed E-state index contributed by atoms with van der Waals surface area (Å²) in [6.07, 6.45) is 3.40. The first-order valence-corrected chi connectivity index (χ1v) is 7.72. The van der Waals surface area contributed by atoms with Gasteiger partial charge in [0.25, 0.3) is 0 Å². The number of carbonyl (C=O) groups excluding carboxylic acids is 1. The van der Waals surface area contributed by atoms with E-state index in [9.17, 15) is 4.79 Å². The van der Waals surface area contributed by atoms with E-state index in [1.807, 2.05) is 40.9 Å². The molecule has 0 saturated heterocycles. The van der Waals surface area contributed by atoms with Crippen molar-refractivity contribution in [1.29, 1.82) is 0 Å². The van der Waals surface area contributed by atoms with Gasteiger partial charge in [-0.05, 0) is 26.8 Å². The van der Waals surface area contributed by atoms with Crippen molar-refractivity contribution >= 4 is 22.8 Å². The van der Waals surface area contributed by atoms with Crippen molar-refractivity contribution in [3.8, 4) is 0 Å². The van der Waals surface area contributed by atoms with E-state index in [4.69, 9.17) is 0 Å². The number of amides is 2. The minimum atomic E-state index is -0.284. The van der Waals surface area contributed by atoms with Crippen molar-refractivity contribution < 1.29 is 4.79 Å². The summed E-state index contributed by atoms with van der Waals surface area (Å²) in [5.41, 5.74) is 4.31. The van der Waals surface area contributed by atoms with Crippen LogP contribution in [0.15, 0.2) is 18.5 Å². The molecular weight excluding hydrogens is 306 g/mol. The number of urea groups is 1. The fraction of sp³-hybridized carbons (Fsp3) is 0.375. The summed E-state index contributed by atoms with van der Waals surface area (Å²) in [5, 5.41) is 15.2. The number of hydrogen-bond acceptors (Lipinski definition) is 4. The van der Waals surface area contributed by atoms with Gasteiger partial charge >= 0.3 is 6.03 Å². The van der Waals surface area contributed by atoms with E-state index in [0.717, 1.165) is 28.0 Å². The Bertz CT molecular complexity index is 909. The van der Waals surface area contributed by atoms with Gasteiger partial charge in [-0.1, -0.05) is 0 Å². The van der Waals surface area contributed by atoms with Crippen molar-refractivity contribution in [1.82, 2.24) is 29.9 Å². The second-order valence-electron chi connectivity index (χ2n) is 5.93. The molecule has 3 aromatic heterocycles. The van der Waals surface area contributed by atoms with E-state index < -0.39 is 0 Å². The van der Waals surface area contributed by atoms with Crippen molar-refractivity contribution in [2.75, 3.05) is 5.32 Å². The number of rotatable bonds is 3. The average molecular weight is 327 g/mol. The third-order valence-electron chi connectivity index (χ3n) is 4.21. The predicted octanol–water partition coefficient (Wildman–Crippen LogP) is 2.20. The number of fused-ring (bicyclic) bond motifs is 1. The highest BCUT2D eigenvalue weighted by molar-refractivity contribution is 5.92. The fourth-order valence-corrected chi connectivity index (χ4v) is 2.76. The quantitative estimate of drug-likeness (QED) is 0.772. The number of aromatic nitrogens is 5. The summed E-state index contributed by atoms with van der Waals surface area (Å²) >= 11 is 0. The summed E-state index contributed by atoms with van der Waals surface area (Å²) in [6.45, 7) is 5.82. The normalized spacial score (nSPS) is 12.4. The molecule has 0 radical (unpaired) electrons. The minimum Gasteiger partial charge on any atom is -0.331 e. The van der Waals surface area contributed by atoms with Crippen LogP contribution in [0.2, 0.25) is 0 Å². The molecule has 24 heavy (non-hydrogen) atoms. The van der Waals surface area contributed by atoms with Gasteiger partial charge in [0.05, 0.1) is 29.8 Å². The molecule has 126 valence electrons. The molecule has 3 aromatic rings. The Morgan fingerprint density at radius 3 is 2.62 bits per heavy atom. The predicted molar refractivity (Wildman–Crippen MR) is 91.8 cm³/mol. The van der Waals surface area contributed by atoms with E-state index in [2.05, 4.69) is 25.8 Å². The van der Waals surface area contributed by atoms with E-state index in [1.165, 1.54) is 0 Å². The highest BCUT2D eigenvalue weighted by Gasteiger charge is 2.15. The van der Waals surface area contributed by atoms with Gasteiger partial charge < -0.3 is 10.6 Å². The van der Waals surface area contributed by atoms with Gasteiger partial charge in [-0.15, -0.1) is 0 Å². The maximum absolute atomic E-state index is 12.2. The Balaban J connectivity index is 1.73. The molecule has 3 rings (SSSR count). The van der Waals surface area contributed by atoms with Crippen LogP contribution in [0.4, 0.5) is 10.5 Å². The molecule has 0 unspecified atom stereocenters. The van der Waals surface area contributed by atoms with Crippen molar-refractivity contribution in [3.63, 3.8) is 0 Å². The zero-order valence-corrected chi connectivity index (χ0v) is 14.5. The Morgan fingerprint density at radius 1 is 1.21 bits per heavy atom. The maximum atomic E-state index is 12.2. The number of hydrogen-bond donors (Lipinski definition) is 2. The summed E-state index contributed by atoms with van der Waals surface area (Å²) < 4.78 is 3.51. The van der Waals surface area contributed by atoms with E-state index in [0.29, 0.717) is 5.69 Å². The van der Waals surface area contributed by atoms with Crippen LogP contribution in [0.3, 0.4) is 0 Å². The zero-order valence-electron chi connectivity index (χ0n) is 14.5. The molecule has 3 heterocycles. The van der Waals surface area contributed by atoms with Gasteiger partial charge in [-0.3, -0.25) is 9.36 Å². The molecule has 0 aliphatic rings. The van der Waals surface area contributed by atoms with Crippen LogP contribution in [-0.4, -0.2) is 30.6 Å². The Kier molecular flexibility index (Phi) is 3.96. The highest BCUT2D eigenvalue weighted by Crippen LogP contribution is 2.20.